The quantitative estimate of drug-likeness (QED) is 0.871. The Kier molecular flexibility index (Phi) is 4.34. The number of aromatic nitrogens is 1. The molecule has 0 unspecified atom stereocenters. The number of carbonyl (C=O) groups excluding carboxylic acids is 1. The van der Waals surface area contributed by atoms with E-state index in [4.69, 9.17) is 14.0 Å². The first-order chi connectivity index (χ1) is 11.1. The first kappa shape index (κ1) is 15.6. The number of nitrogens with zero attached hydrogens (tertiary/aromatic N) is 2. The highest BCUT2D eigenvalue weighted by Gasteiger charge is 2.28. The number of benzene rings is 1. The van der Waals surface area contributed by atoms with Gasteiger partial charge in [-0.2, -0.15) is 0 Å². The fourth-order valence-electron chi connectivity index (χ4n) is 2.86. The predicted molar refractivity (Wildman–Crippen MR) is 84.4 cm³/mol. The summed E-state index contributed by atoms with van der Waals surface area (Å²) in [5.41, 5.74) is 1.07. The lowest BCUT2D eigenvalue weighted by atomic mass is 10.1. The highest BCUT2D eigenvalue weighted by molar-refractivity contribution is 5.93. The molecule has 1 aliphatic rings. The smallest absolute Gasteiger partial charge is 0.276 e. The van der Waals surface area contributed by atoms with E-state index in [0.29, 0.717) is 30.3 Å². The van der Waals surface area contributed by atoms with E-state index in [0.717, 1.165) is 5.56 Å². The average molecular weight is 316 g/mol. The minimum absolute atomic E-state index is 0.0169. The van der Waals surface area contributed by atoms with Gasteiger partial charge in [0.15, 0.2) is 11.5 Å². The molecule has 1 saturated heterocycles. The van der Waals surface area contributed by atoms with Crippen molar-refractivity contribution in [2.45, 2.75) is 26.1 Å². The number of para-hydroxylation sites is 1. The van der Waals surface area contributed by atoms with Crippen molar-refractivity contribution in [2.24, 2.45) is 0 Å². The van der Waals surface area contributed by atoms with Gasteiger partial charge in [0.2, 0.25) is 0 Å². The summed E-state index contributed by atoms with van der Waals surface area (Å²) >= 11 is 0. The van der Waals surface area contributed by atoms with Crippen LogP contribution in [0.2, 0.25) is 0 Å². The zero-order valence-electron chi connectivity index (χ0n) is 13.5. The second-order valence-corrected chi connectivity index (χ2v) is 5.74. The number of morpholine rings is 1. The zero-order chi connectivity index (χ0) is 16.4. The first-order valence-corrected chi connectivity index (χ1v) is 7.63. The maximum absolute atomic E-state index is 12.6. The van der Waals surface area contributed by atoms with E-state index in [1.54, 1.807) is 18.1 Å². The van der Waals surface area contributed by atoms with Crippen LogP contribution >= 0.6 is 0 Å². The highest BCUT2D eigenvalue weighted by atomic mass is 16.5. The number of hydrogen-bond donors (Lipinski definition) is 0. The van der Waals surface area contributed by atoms with E-state index in [1.165, 1.54) is 0 Å². The Bertz CT molecular complexity index is 687. The number of rotatable bonds is 3. The molecule has 0 aliphatic carbocycles. The summed E-state index contributed by atoms with van der Waals surface area (Å²) in [6, 6.07) is 9.12. The third kappa shape index (κ3) is 3.22. The standard InChI is InChI=1S/C17H20N2O4/c1-11-9-19(10-12(2)22-11)17(20)14-8-16(23-18-14)13-6-4-5-7-15(13)21-3/h4-8,11-12H,9-10H2,1-3H3/t11-,12-/m0/s1. The van der Waals surface area contributed by atoms with Crippen LogP contribution in [0.5, 0.6) is 5.75 Å². The summed E-state index contributed by atoms with van der Waals surface area (Å²) in [6.07, 6.45) is 0.0339. The maximum atomic E-state index is 12.6. The summed E-state index contributed by atoms with van der Waals surface area (Å²) in [5, 5.41) is 3.93. The van der Waals surface area contributed by atoms with E-state index < -0.39 is 0 Å². The molecule has 3 rings (SSSR count). The molecule has 1 aromatic carbocycles. The monoisotopic (exact) mass is 316 g/mol. The van der Waals surface area contributed by atoms with Crippen molar-refractivity contribution in [3.63, 3.8) is 0 Å². The molecule has 1 fully saturated rings. The second kappa shape index (κ2) is 6.42. The Morgan fingerprint density at radius 3 is 2.65 bits per heavy atom. The molecule has 0 bridgehead atoms. The minimum Gasteiger partial charge on any atom is -0.496 e. The van der Waals surface area contributed by atoms with Crippen LogP contribution < -0.4 is 4.74 Å². The van der Waals surface area contributed by atoms with Crippen molar-refractivity contribution in [3.8, 4) is 17.1 Å². The summed E-state index contributed by atoms with van der Waals surface area (Å²) in [4.78, 5) is 14.4. The largest absolute Gasteiger partial charge is 0.496 e. The first-order valence-electron chi connectivity index (χ1n) is 7.63. The second-order valence-electron chi connectivity index (χ2n) is 5.74. The van der Waals surface area contributed by atoms with Crippen LogP contribution in [0.4, 0.5) is 0 Å². The Labute approximate surface area is 135 Å². The van der Waals surface area contributed by atoms with Gasteiger partial charge < -0.3 is 18.9 Å². The lowest BCUT2D eigenvalue weighted by Crippen LogP contribution is -2.48. The van der Waals surface area contributed by atoms with Gasteiger partial charge in [0.05, 0.1) is 24.9 Å². The van der Waals surface area contributed by atoms with Crippen LogP contribution in [0.1, 0.15) is 24.3 Å². The molecule has 1 aliphatic heterocycles. The van der Waals surface area contributed by atoms with E-state index in [1.807, 2.05) is 38.1 Å². The molecule has 1 aromatic heterocycles. The highest BCUT2D eigenvalue weighted by Crippen LogP contribution is 2.30. The number of hydrogen-bond acceptors (Lipinski definition) is 5. The van der Waals surface area contributed by atoms with Crippen LogP contribution in [0, 0.1) is 0 Å². The van der Waals surface area contributed by atoms with Gasteiger partial charge in [0.25, 0.3) is 5.91 Å². The molecule has 6 heteroatoms. The van der Waals surface area contributed by atoms with E-state index >= 15 is 0 Å². The molecule has 2 heterocycles. The third-order valence-electron chi connectivity index (χ3n) is 3.81. The Morgan fingerprint density at radius 2 is 1.96 bits per heavy atom. The molecule has 0 spiro atoms. The van der Waals surface area contributed by atoms with Crippen LogP contribution in [0.3, 0.4) is 0 Å². The summed E-state index contributed by atoms with van der Waals surface area (Å²) in [6.45, 7) is 5.03. The van der Waals surface area contributed by atoms with Crippen molar-refractivity contribution in [1.82, 2.24) is 10.1 Å². The van der Waals surface area contributed by atoms with Crippen LogP contribution in [0.15, 0.2) is 34.9 Å². The third-order valence-corrected chi connectivity index (χ3v) is 3.81. The SMILES string of the molecule is COc1ccccc1-c1cc(C(=O)N2C[C@H](C)O[C@@H](C)C2)no1. The summed E-state index contributed by atoms with van der Waals surface area (Å²) in [7, 11) is 1.60. The van der Waals surface area contributed by atoms with Crippen molar-refractivity contribution in [2.75, 3.05) is 20.2 Å². The Balaban J connectivity index is 1.83. The number of ether oxygens (including phenoxy) is 2. The number of carbonyl (C=O) groups is 1. The van der Waals surface area contributed by atoms with Gasteiger partial charge in [-0.15, -0.1) is 0 Å². The van der Waals surface area contributed by atoms with Crippen LogP contribution in [-0.2, 0) is 4.74 Å². The number of amides is 1. The lowest BCUT2D eigenvalue weighted by molar-refractivity contribution is -0.0588. The van der Waals surface area contributed by atoms with Crippen molar-refractivity contribution >= 4 is 5.91 Å². The molecule has 1 amide bonds. The molecule has 0 saturated carbocycles. The van der Waals surface area contributed by atoms with Crippen molar-refractivity contribution < 1.29 is 18.8 Å². The van der Waals surface area contributed by atoms with Crippen LogP contribution in [0.25, 0.3) is 11.3 Å². The van der Waals surface area contributed by atoms with Crippen LogP contribution in [-0.4, -0.2) is 48.4 Å². The minimum atomic E-state index is -0.142. The molecule has 23 heavy (non-hydrogen) atoms. The lowest BCUT2D eigenvalue weighted by Gasteiger charge is -2.34. The Hall–Kier alpha value is -2.34. The predicted octanol–water partition coefficient (Wildman–Crippen LogP) is 2.60. The van der Waals surface area contributed by atoms with E-state index in [2.05, 4.69) is 5.16 Å². The molecule has 2 atom stereocenters. The van der Waals surface area contributed by atoms with Crippen molar-refractivity contribution in [3.05, 3.63) is 36.0 Å². The van der Waals surface area contributed by atoms with Crippen molar-refractivity contribution in [1.29, 1.82) is 0 Å². The average Bonchev–Trinajstić information content (AvgIpc) is 3.03. The van der Waals surface area contributed by atoms with Gasteiger partial charge in [-0.05, 0) is 26.0 Å². The Morgan fingerprint density at radius 1 is 1.26 bits per heavy atom. The van der Waals surface area contributed by atoms with Gasteiger partial charge in [-0.1, -0.05) is 17.3 Å². The summed E-state index contributed by atoms with van der Waals surface area (Å²) in [5.74, 6) is 1.05. The van der Waals surface area contributed by atoms with Gasteiger partial charge in [-0.3, -0.25) is 4.79 Å². The summed E-state index contributed by atoms with van der Waals surface area (Å²) < 4.78 is 16.3. The molecule has 2 aromatic rings. The molecule has 0 radical (unpaired) electrons. The van der Waals surface area contributed by atoms with E-state index in [9.17, 15) is 4.79 Å². The molecule has 122 valence electrons. The molecule has 0 N–H and O–H groups in total. The number of methoxy groups -OCH3 is 1. The zero-order valence-corrected chi connectivity index (χ0v) is 13.5. The van der Waals surface area contributed by atoms with Gasteiger partial charge in [0.1, 0.15) is 5.75 Å². The fraction of sp³-hybridized carbons (Fsp3) is 0.412. The van der Waals surface area contributed by atoms with Gasteiger partial charge >= 0.3 is 0 Å². The van der Waals surface area contributed by atoms with E-state index in [-0.39, 0.29) is 18.1 Å². The van der Waals surface area contributed by atoms with Gasteiger partial charge in [0, 0.05) is 19.2 Å². The maximum Gasteiger partial charge on any atom is 0.276 e. The normalized spacial score (nSPS) is 21.3. The molecular weight excluding hydrogens is 296 g/mol. The fourth-order valence-corrected chi connectivity index (χ4v) is 2.86. The molecule has 6 nitrogen and oxygen atoms in total. The topological polar surface area (TPSA) is 64.8 Å². The van der Waals surface area contributed by atoms with Gasteiger partial charge in [-0.25, -0.2) is 0 Å². The molecular formula is C17H20N2O4.